The summed E-state index contributed by atoms with van der Waals surface area (Å²) >= 11 is 3.08. The second kappa shape index (κ2) is 3.73. The van der Waals surface area contributed by atoms with Crippen LogP contribution < -0.4 is 0 Å². The molecule has 1 aliphatic carbocycles. The van der Waals surface area contributed by atoms with E-state index < -0.39 is 5.60 Å². The maximum Gasteiger partial charge on any atom is 0.178 e. The van der Waals surface area contributed by atoms with Gasteiger partial charge >= 0.3 is 0 Å². The van der Waals surface area contributed by atoms with Gasteiger partial charge in [-0.3, -0.25) is 0 Å². The van der Waals surface area contributed by atoms with Crippen LogP contribution in [0.3, 0.4) is 0 Å². The molecule has 0 atom stereocenters. The average Bonchev–Trinajstić information content (AvgIpc) is 2.62. The van der Waals surface area contributed by atoms with Crippen molar-refractivity contribution in [3.8, 4) is 21.9 Å². The summed E-state index contributed by atoms with van der Waals surface area (Å²) in [6.07, 6.45) is 0. The van der Waals surface area contributed by atoms with Gasteiger partial charge in [-0.25, -0.2) is 0 Å². The van der Waals surface area contributed by atoms with Crippen molar-refractivity contribution in [2.75, 3.05) is 0 Å². The molecule has 0 bridgehead atoms. The summed E-state index contributed by atoms with van der Waals surface area (Å²) in [5, 5.41) is 10.8. The number of benzene rings is 2. The molecule has 0 heterocycles. The minimum atomic E-state index is -1.20. The van der Waals surface area contributed by atoms with Crippen molar-refractivity contribution in [2.24, 2.45) is 0 Å². The van der Waals surface area contributed by atoms with Crippen molar-refractivity contribution in [3.05, 3.63) is 59.7 Å². The fraction of sp³-hybridized carbons (Fsp3) is 0.0667. The minimum absolute atomic E-state index is 0.855. The molecule has 2 aromatic carbocycles. The van der Waals surface area contributed by atoms with E-state index in [1.807, 2.05) is 48.5 Å². The Morgan fingerprint density at radius 1 is 0.882 bits per heavy atom. The van der Waals surface area contributed by atoms with Crippen molar-refractivity contribution >= 4 is 15.9 Å². The molecule has 1 aliphatic rings. The number of hydrogen-bond donors (Lipinski definition) is 1. The maximum atomic E-state index is 10.8. The molecular formula is C15H9BrO. The van der Waals surface area contributed by atoms with Crippen molar-refractivity contribution in [1.82, 2.24) is 0 Å². The molecule has 0 amide bonds. The van der Waals surface area contributed by atoms with Crippen LogP contribution in [0.4, 0.5) is 0 Å². The smallest absolute Gasteiger partial charge is 0.178 e. The highest BCUT2D eigenvalue weighted by molar-refractivity contribution is 9.12. The lowest BCUT2D eigenvalue weighted by Gasteiger charge is -2.18. The lowest BCUT2D eigenvalue weighted by molar-refractivity contribution is 0.150. The van der Waals surface area contributed by atoms with E-state index in [0.717, 1.165) is 22.3 Å². The number of aliphatic hydroxyl groups is 1. The van der Waals surface area contributed by atoms with E-state index in [4.69, 9.17) is 0 Å². The summed E-state index contributed by atoms with van der Waals surface area (Å²) in [4.78, 5) is 2.64. The van der Waals surface area contributed by atoms with E-state index in [9.17, 15) is 5.11 Å². The number of halogens is 1. The van der Waals surface area contributed by atoms with Gasteiger partial charge in [-0.15, -0.1) is 0 Å². The molecule has 1 N–H and O–H groups in total. The zero-order chi connectivity index (χ0) is 11.9. The van der Waals surface area contributed by atoms with Gasteiger partial charge in [-0.05, 0) is 21.9 Å². The molecule has 0 fully saturated rings. The van der Waals surface area contributed by atoms with Gasteiger partial charge in [0.05, 0.1) is 0 Å². The molecule has 0 radical (unpaired) electrons. The first-order chi connectivity index (χ1) is 8.27. The summed E-state index contributed by atoms with van der Waals surface area (Å²) in [6.45, 7) is 0. The van der Waals surface area contributed by atoms with Crippen LogP contribution in [0, 0.1) is 10.8 Å². The molecule has 3 rings (SSSR count). The minimum Gasteiger partial charge on any atom is -0.369 e. The zero-order valence-electron chi connectivity index (χ0n) is 8.94. The average molecular weight is 285 g/mol. The van der Waals surface area contributed by atoms with Crippen LogP contribution in [-0.4, -0.2) is 5.11 Å². The Balaban J connectivity index is 2.41. The SMILES string of the molecule is OC1(C#CBr)c2ccccc2-c2ccccc21. The third-order valence-corrected chi connectivity index (χ3v) is 3.35. The number of fused-ring (bicyclic) bond motifs is 3. The predicted octanol–water partition coefficient (Wildman–Crippen LogP) is 3.26. The van der Waals surface area contributed by atoms with Gasteiger partial charge in [0, 0.05) is 27.1 Å². The maximum absolute atomic E-state index is 10.8. The van der Waals surface area contributed by atoms with Gasteiger partial charge in [-0.1, -0.05) is 48.5 Å². The second-order valence-electron chi connectivity index (χ2n) is 4.02. The highest BCUT2D eigenvalue weighted by Crippen LogP contribution is 2.46. The standard InChI is InChI=1S/C15H9BrO/c16-10-9-15(17)13-7-3-1-5-11(13)12-6-2-4-8-14(12)15/h1-8,17H. The monoisotopic (exact) mass is 284 g/mol. The Morgan fingerprint density at radius 2 is 1.35 bits per heavy atom. The second-order valence-corrected chi connectivity index (χ2v) is 4.42. The molecule has 0 aromatic heterocycles. The fourth-order valence-electron chi connectivity index (χ4n) is 2.42. The third kappa shape index (κ3) is 1.37. The summed E-state index contributed by atoms with van der Waals surface area (Å²) in [7, 11) is 0. The normalized spacial score (nSPS) is 14.5. The van der Waals surface area contributed by atoms with E-state index in [1.54, 1.807) is 0 Å². The molecule has 17 heavy (non-hydrogen) atoms. The molecule has 0 unspecified atom stereocenters. The Hall–Kier alpha value is -1.56. The number of rotatable bonds is 0. The molecule has 0 spiro atoms. The highest BCUT2D eigenvalue weighted by atomic mass is 79.9. The van der Waals surface area contributed by atoms with Crippen molar-refractivity contribution < 1.29 is 5.11 Å². The van der Waals surface area contributed by atoms with Crippen molar-refractivity contribution in [3.63, 3.8) is 0 Å². The van der Waals surface area contributed by atoms with Gasteiger partial charge in [0.25, 0.3) is 0 Å². The molecule has 82 valence electrons. The Bertz CT molecular complexity index is 604. The van der Waals surface area contributed by atoms with E-state index in [-0.39, 0.29) is 0 Å². The van der Waals surface area contributed by atoms with Crippen LogP contribution in [0.25, 0.3) is 11.1 Å². The third-order valence-electron chi connectivity index (χ3n) is 3.15. The topological polar surface area (TPSA) is 20.2 Å². The van der Waals surface area contributed by atoms with Crippen LogP contribution in [-0.2, 0) is 5.60 Å². The zero-order valence-corrected chi connectivity index (χ0v) is 10.5. The summed E-state index contributed by atoms with van der Waals surface area (Å²) < 4.78 is 0. The molecule has 2 heteroatoms. The van der Waals surface area contributed by atoms with Crippen molar-refractivity contribution in [1.29, 1.82) is 0 Å². The number of hydrogen-bond acceptors (Lipinski definition) is 1. The summed E-state index contributed by atoms with van der Waals surface area (Å²) in [6, 6.07) is 15.7. The Kier molecular flexibility index (Phi) is 2.32. The predicted molar refractivity (Wildman–Crippen MR) is 71.6 cm³/mol. The molecule has 1 nitrogen and oxygen atoms in total. The lowest BCUT2D eigenvalue weighted by atomic mass is 9.93. The largest absolute Gasteiger partial charge is 0.369 e. The van der Waals surface area contributed by atoms with E-state index in [0.29, 0.717) is 0 Å². The first-order valence-corrected chi connectivity index (χ1v) is 6.11. The van der Waals surface area contributed by atoms with Gasteiger partial charge in [0.15, 0.2) is 5.60 Å². The highest BCUT2D eigenvalue weighted by Gasteiger charge is 2.39. The molecule has 0 saturated heterocycles. The summed E-state index contributed by atoms with van der Waals surface area (Å²) in [5.74, 6) is 2.86. The summed E-state index contributed by atoms with van der Waals surface area (Å²) in [5.41, 5.74) is 2.62. The van der Waals surface area contributed by atoms with Gasteiger partial charge in [0.1, 0.15) is 0 Å². The van der Waals surface area contributed by atoms with Crippen LogP contribution in [0.5, 0.6) is 0 Å². The molecular weight excluding hydrogens is 276 g/mol. The van der Waals surface area contributed by atoms with Gasteiger partial charge in [0.2, 0.25) is 0 Å². The van der Waals surface area contributed by atoms with E-state index in [1.165, 1.54) is 0 Å². The Labute approximate surface area is 108 Å². The molecule has 0 aliphatic heterocycles. The Morgan fingerprint density at radius 3 is 1.82 bits per heavy atom. The van der Waals surface area contributed by atoms with Crippen LogP contribution >= 0.6 is 15.9 Å². The lowest BCUT2D eigenvalue weighted by Crippen LogP contribution is -2.21. The van der Waals surface area contributed by atoms with E-state index in [2.05, 4.69) is 26.7 Å². The fourth-order valence-corrected chi connectivity index (χ4v) is 2.70. The molecule has 2 aromatic rings. The van der Waals surface area contributed by atoms with E-state index >= 15 is 0 Å². The van der Waals surface area contributed by atoms with Crippen LogP contribution in [0.1, 0.15) is 11.1 Å². The first-order valence-electron chi connectivity index (χ1n) is 5.32. The van der Waals surface area contributed by atoms with Crippen LogP contribution in [0.2, 0.25) is 0 Å². The molecule has 0 saturated carbocycles. The van der Waals surface area contributed by atoms with Crippen molar-refractivity contribution in [2.45, 2.75) is 5.60 Å². The van der Waals surface area contributed by atoms with Crippen LogP contribution in [0.15, 0.2) is 48.5 Å². The van der Waals surface area contributed by atoms with Gasteiger partial charge in [-0.2, -0.15) is 0 Å². The van der Waals surface area contributed by atoms with Gasteiger partial charge < -0.3 is 5.11 Å². The quantitative estimate of drug-likeness (QED) is 0.737. The first kappa shape index (κ1) is 10.6.